The average Bonchev–Trinajstić information content (AvgIpc) is 3.13. The van der Waals surface area contributed by atoms with Crippen molar-refractivity contribution >= 4 is 54.8 Å². The summed E-state index contributed by atoms with van der Waals surface area (Å²) in [6, 6.07) is 18.1. The van der Waals surface area contributed by atoms with E-state index in [1.165, 1.54) is 47.7 Å². The quantitative estimate of drug-likeness (QED) is 0.381. The second-order valence-electron chi connectivity index (χ2n) is 7.55. The summed E-state index contributed by atoms with van der Waals surface area (Å²) >= 11 is 7.27. The Labute approximate surface area is 206 Å². The molecule has 1 N–H and O–H groups in total. The van der Waals surface area contributed by atoms with Crippen molar-refractivity contribution in [3.8, 4) is 0 Å². The third kappa shape index (κ3) is 5.39. The van der Waals surface area contributed by atoms with Crippen LogP contribution in [0.5, 0.6) is 0 Å². The first kappa shape index (κ1) is 24.2. The standard InChI is InChI=1S/C24H22ClN3O4S2/c1-16-3-12-21-22(15-16)33-24(28(21)13-14-32-2)26-23(29)17-4-8-19(9-5-17)27-34(30,31)20-10-6-18(25)7-11-20/h3-12,15,27H,13-14H2,1-2H3. The Hall–Kier alpha value is -2.98. The maximum Gasteiger partial charge on any atom is 0.279 e. The minimum Gasteiger partial charge on any atom is -0.383 e. The summed E-state index contributed by atoms with van der Waals surface area (Å²) in [6.07, 6.45) is 0. The van der Waals surface area contributed by atoms with Gasteiger partial charge in [-0.05, 0) is 73.2 Å². The molecule has 4 rings (SSSR count). The predicted octanol–water partition coefficient (Wildman–Crippen LogP) is 4.85. The number of hydrogen-bond acceptors (Lipinski definition) is 5. The zero-order valence-corrected chi connectivity index (χ0v) is 20.9. The second-order valence-corrected chi connectivity index (χ2v) is 10.7. The van der Waals surface area contributed by atoms with Gasteiger partial charge in [-0.3, -0.25) is 9.52 Å². The molecule has 0 aliphatic rings. The van der Waals surface area contributed by atoms with E-state index in [0.717, 1.165) is 15.8 Å². The summed E-state index contributed by atoms with van der Waals surface area (Å²) in [5.74, 6) is -0.415. The molecule has 1 amide bonds. The fourth-order valence-corrected chi connectivity index (χ4v) is 5.66. The fourth-order valence-electron chi connectivity index (χ4n) is 3.32. The van der Waals surface area contributed by atoms with Crippen molar-refractivity contribution in [2.45, 2.75) is 18.4 Å². The van der Waals surface area contributed by atoms with Gasteiger partial charge >= 0.3 is 0 Å². The van der Waals surface area contributed by atoms with Crippen molar-refractivity contribution < 1.29 is 17.9 Å². The molecule has 0 aliphatic carbocycles. The van der Waals surface area contributed by atoms with E-state index in [4.69, 9.17) is 16.3 Å². The molecule has 4 aromatic rings. The molecule has 7 nitrogen and oxygen atoms in total. The summed E-state index contributed by atoms with van der Waals surface area (Å²) < 4.78 is 35.8. The van der Waals surface area contributed by atoms with Crippen LogP contribution in [0.2, 0.25) is 5.02 Å². The summed E-state index contributed by atoms with van der Waals surface area (Å²) in [7, 11) is -2.15. The molecule has 0 unspecified atom stereocenters. The third-order valence-corrected chi connectivity index (χ3v) is 7.75. The number of thiazole rings is 1. The number of nitrogens with zero attached hydrogens (tertiary/aromatic N) is 2. The molecule has 1 heterocycles. The lowest BCUT2D eigenvalue weighted by Crippen LogP contribution is -2.19. The van der Waals surface area contributed by atoms with Gasteiger partial charge in [0, 0.05) is 29.9 Å². The number of rotatable bonds is 7. The molecule has 0 fully saturated rings. The first-order valence-electron chi connectivity index (χ1n) is 10.3. The number of halogens is 1. The minimum atomic E-state index is -3.78. The zero-order valence-electron chi connectivity index (χ0n) is 18.5. The molecule has 0 aliphatic heterocycles. The van der Waals surface area contributed by atoms with Crippen molar-refractivity contribution in [1.29, 1.82) is 0 Å². The summed E-state index contributed by atoms with van der Waals surface area (Å²) in [5.41, 5.74) is 2.80. The highest BCUT2D eigenvalue weighted by molar-refractivity contribution is 7.92. The molecule has 34 heavy (non-hydrogen) atoms. The van der Waals surface area contributed by atoms with Crippen LogP contribution in [0.4, 0.5) is 5.69 Å². The van der Waals surface area contributed by atoms with Crippen LogP contribution in [0.15, 0.2) is 76.6 Å². The molecule has 0 atom stereocenters. The van der Waals surface area contributed by atoms with Gasteiger partial charge in [-0.25, -0.2) is 8.42 Å². The molecular weight excluding hydrogens is 494 g/mol. The normalized spacial score (nSPS) is 12.3. The Morgan fingerprint density at radius 2 is 1.79 bits per heavy atom. The molecule has 0 saturated carbocycles. The number of ether oxygens (including phenoxy) is 1. The third-order valence-electron chi connectivity index (χ3n) is 5.06. The number of benzene rings is 3. The number of carbonyl (C=O) groups excluding carboxylic acids is 1. The fraction of sp³-hybridized carbons (Fsp3) is 0.167. The van der Waals surface area contributed by atoms with Crippen LogP contribution < -0.4 is 9.52 Å². The van der Waals surface area contributed by atoms with Crippen LogP contribution in [-0.4, -0.2) is 32.6 Å². The topological polar surface area (TPSA) is 89.8 Å². The number of fused-ring (bicyclic) bond motifs is 1. The number of aryl methyl sites for hydroxylation is 1. The number of aromatic nitrogens is 1. The highest BCUT2D eigenvalue weighted by Crippen LogP contribution is 2.21. The second kappa shape index (κ2) is 10.1. The van der Waals surface area contributed by atoms with Crippen molar-refractivity contribution in [3.63, 3.8) is 0 Å². The van der Waals surface area contributed by atoms with Crippen LogP contribution in [0, 0.1) is 6.92 Å². The molecule has 1 aromatic heterocycles. The summed E-state index contributed by atoms with van der Waals surface area (Å²) in [5, 5.41) is 0.447. The Morgan fingerprint density at radius 3 is 2.47 bits per heavy atom. The Balaban J connectivity index is 1.59. The van der Waals surface area contributed by atoms with Crippen molar-refractivity contribution in [2.24, 2.45) is 4.99 Å². The van der Waals surface area contributed by atoms with E-state index in [0.29, 0.717) is 34.2 Å². The SMILES string of the molecule is COCCn1c(=NC(=O)c2ccc(NS(=O)(=O)c3ccc(Cl)cc3)cc2)sc2cc(C)ccc21. The number of amides is 1. The molecule has 10 heteroatoms. The summed E-state index contributed by atoms with van der Waals surface area (Å²) in [6.45, 7) is 3.07. The zero-order chi connectivity index (χ0) is 24.3. The van der Waals surface area contributed by atoms with Gasteiger partial charge in [0.05, 0.1) is 21.7 Å². The van der Waals surface area contributed by atoms with E-state index in [1.807, 2.05) is 23.6 Å². The maximum atomic E-state index is 12.9. The van der Waals surface area contributed by atoms with E-state index in [2.05, 4.69) is 15.8 Å². The molecule has 0 bridgehead atoms. The molecule has 0 saturated heterocycles. The highest BCUT2D eigenvalue weighted by atomic mass is 35.5. The Kier molecular flexibility index (Phi) is 7.18. The smallest absolute Gasteiger partial charge is 0.279 e. The van der Waals surface area contributed by atoms with E-state index in [1.54, 1.807) is 19.2 Å². The van der Waals surface area contributed by atoms with Gasteiger partial charge in [0.1, 0.15) is 0 Å². The molecule has 0 spiro atoms. The lowest BCUT2D eigenvalue weighted by atomic mass is 10.2. The first-order valence-corrected chi connectivity index (χ1v) is 13.0. The van der Waals surface area contributed by atoms with Crippen LogP contribution in [0.25, 0.3) is 10.2 Å². The largest absolute Gasteiger partial charge is 0.383 e. The summed E-state index contributed by atoms with van der Waals surface area (Å²) in [4.78, 5) is 17.9. The predicted molar refractivity (Wildman–Crippen MR) is 135 cm³/mol. The number of hydrogen-bond donors (Lipinski definition) is 1. The Bertz CT molecular complexity index is 1510. The molecule has 3 aromatic carbocycles. The van der Waals surface area contributed by atoms with Crippen LogP contribution >= 0.6 is 22.9 Å². The maximum absolute atomic E-state index is 12.9. The highest BCUT2D eigenvalue weighted by Gasteiger charge is 2.15. The van der Waals surface area contributed by atoms with Gasteiger partial charge < -0.3 is 9.30 Å². The van der Waals surface area contributed by atoms with Gasteiger partial charge in [-0.2, -0.15) is 4.99 Å². The first-order chi connectivity index (χ1) is 16.3. The van der Waals surface area contributed by atoms with Crippen molar-refractivity contribution in [2.75, 3.05) is 18.4 Å². The van der Waals surface area contributed by atoms with E-state index in [-0.39, 0.29) is 4.90 Å². The number of carbonyl (C=O) groups is 1. The van der Waals surface area contributed by atoms with Gasteiger partial charge in [0.15, 0.2) is 4.80 Å². The lowest BCUT2D eigenvalue weighted by molar-refractivity contribution is 0.0997. The van der Waals surface area contributed by atoms with Crippen molar-refractivity contribution in [3.05, 3.63) is 87.7 Å². The van der Waals surface area contributed by atoms with E-state index >= 15 is 0 Å². The monoisotopic (exact) mass is 515 g/mol. The minimum absolute atomic E-state index is 0.0904. The van der Waals surface area contributed by atoms with E-state index < -0.39 is 15.9 Å². The van der Waals surface area contributed by atoms with Gasteiger partial charge in [0.25, 0.3) is 15.9 Å². The molecular formula is C24H22ClN3O4S2. The number of sulfonamides is 1. The van der Waals surface area contributed by atoms with Gasteiger partial charge in [0.2, 0.25) is 0 Å². The van der Waals surface area contributed by atoms with Crippen LogP contribution in [0.3, 0.4) is 0 Å². The molecule has 0 radical (unpaired) electrons. The number of methoxy groups -OCH3 is 1. The van der Waals surface area contributed by atoms with E-state index in [9.17, 15) is 13.2 Å². The average molecular weight is 516 g/mol. The number of anilines is 1. The lowest BCUT2D eigenvalue weighted by Gasteiger charge is -2.08. The molecule has 176 valence electrons. The van der Waals surface area contributed by atoms with Crippen LogP contribution in [0.1, 0.15) is 15.9 Å². The Morgan fingerprint density at radius 1 is 1.09 bits per heavy atom. The van der Waals surface area contributed by atoms with Crippen molar-refractivity contribution in [1.82, 2.24) is 4.57 Å². The van der Waals surface area contributed by atoms with Gasteiger partial charge in [-0.1, -0.05) is 29.0 Å². The van der Waals surface area contributed by atoms with Gasteiger partial charge in [-0.15, -0.1) is 0 Å². The number of nitrogens with one attached hydrogen (secondary N) is 1. The van der Waals surface area contributed by atoms with Crippen LogP contribution in [-0.2, 0) is 21.3 Å².